The minimum Gasteiger partial charge on any atom is -0.436 e. The van der Waals surface area contributed by atoms with E-state index in [0.717, 1.165) is 48.2 Å². The van der Waals surface area contributed by atoms with E-state index in [1.807, 2.05) is 43.3 Å². The van der Waals surface area contributed by atoms with E-state index in [-0.39, 0.29) is 11.6 Å². The Labute approximate surface area is 232 Å². The molecule has 4 aromatic rings. The molecule has 0 bridgehead atoms. The number of likely N-dealkylation sites (tertiary alicyclic amines) is 1. The summed E-state index contributed by atoms with van der Waals surface area (Å²) in [6.45, 7) is 3.65. The molecule has 1 atom stereocenters. The molecule has 7 nitrogen and oxygen atoms in total. The Morgan fingerprint density at radius 3 is 2.26 bits per heavy atom. The molecule has 2 aliphatic rings. The van der Waals surface area contributed by atoms with Crippen molar-refractivity contribution in [2.45, 2.75) is 38.0 Å². The van der Waals surface area contributed by atoms with Gasteiger partial charge in [0.2, 0.25) is 0 Å². The van der Waals surface area contributed by atoms with Crippen molar-refractivity contribution in [1.29, 1.82) is 0 Å². The molecule has 3 aromatic carbocycles. The van der Waals surface area contributed by atoms with Crippen molar-refractivity contribution in [3.63, 3.8) is 0 Å². The second kappa shape index (κ2) is 10.1. The first kappa shape index (κ1) is 25.6. The molecule has 200 valence electrons. The van der Waals surface area contributed by atoms with Crippen molar-refractivity contribution in [3.8, 4) is 11.1 Å². The maximum atomic E-state index is 13.9. The van der Waals surface area contributed by atoms with E-state index in [1.165, 1.54) is 4.90 Å². The molecule has 39 heavy (non-hydrogen) atoms. The van der Waals surface area contributed by atoms with Crippen LogP contribution in [0.1, 0.15) is 54.9 Å². The standard InChI is InChI=1S/C31H31ClN4O3/c1-19(35(3)31(38)39-28-23-11-6-4-9-21(23)22-10-5-7-12-24(22)28)29-33-26-14-8-13-25(32)27(26)30(37)36(29)20-15-17-34(2)18-16-20/h4-14,19-20,28H,15-18H2,1-3H3. The van der Waals surface area contributed by atoms with Gasteiger partial charge in [-0.05, 0) is 63.2 Å². The summed E-state index contributed by atoms with van der Waals surface area (Å²) in [5, 5.41) is 0.802. The average molecular weight is 543 g/mol. The van der Waals surface area contributed by atoms with Crippen molar-refractivity contribution in [3.05, 3.63) is 99.1 Å². The second-order valence-corrected chi connectivity index (χ2v) is 10.9. The Morgan fingerprint density at radius 2 is 1.62 bits per heavy atom. The number of nitrogens with zero attached hydrogens (tertiary/aromatic N) is 4. The summed E-state index contributed by atoms with van der Waals surface area (Å²) >= 11 is 6.47. The van der Waals surface area contributed by atoms with Crippen LogP contribution in [0.5, 0.6) is 0 Å². The molecule has 0 radical (unpaired) electrons. The van der Waals surface area contributed by atoms with Gasteiger partial charge in [-0.15, -0.1) is 0 Å². The molecule has 1 unspecified atom stereocenters. The first-order valence-electron chi connectivity index (χ1n) is 13.4. The highest BCUT2D eigenvalue weighted by Gasteiger charge is 2.34. The third-order valence-corrected chi connectivity index (χ3v) is 8.51. The highest BCUT2D eigenvalue weighted by molar-refractivity contribution is 6.35. The summed E-state index contributed by atoms with van der Waals surface area (Å²) in [5.41, 5.74) is 4.45. The zero-order valence-electron chi connectivity index (χ0n) is 22.3. The smallest absolute Gasteiger partial charge is 0.411 e. The lowest BCUT2D eigenvalue weighted by Gasteiger charge is -2.34. The van der Waals surface area contributed by atoms with Gasteiger partial charge in [0, 0.05) is 24.2 Å². The maximum Gasteiger partial charge on any atom is 0.411 e. The third kappa shape index (κ3) is 4.39. The summed E-state index contributed by atoms with van der Waals surface area (Å²) in [6.07, 6.45) is 0.656. The molecule has 0 spiro atoms. The zero-order valence-corrected chi connectivity index (χ0v) is 23.1. The molecule has 6 rings (SSSR count). The number of carbonyl (C=O) groups excluding carboxylic acids is 1. The molecular formula is C31H31ClN4O3. The first-order valence-corrected chi connectivity index (χ1v) is 13.7. The normalized spacial score (nSPS) is 16.6. The molecular weight excluding hydrogens is 512 g/mol. The van der Waals surface area contributed by atoms with Gasteiger partial charge in [-0.2, -0.15) is 0 Å². The number of aromatic nitrogens is 2. The quantitative estimate of drug-likeness (QED) is 0.306. The van der Waals surface area contributed by atoms with E-state index < -0.39 is 18.2 Å². The Hall–Kier alpha value is -3.68. The molecule has 1 aliphatic heterocycles. The fourth-order valence-corrected chi connectivity index (χ4v) is 6.12. The topological polar surface area (TPSA) is 67.7 Å². The van der Waals surface area contributed by atoms with Crippen LogP contribution >= 0.6 is 11.6 Å². The third-order valence-electron chi connectivity index (χ3n) is 8.20. The fraction of sp³-hybridized carbons (Fsp3) is 0.323. The average Bonchev–Trinajstić information content (AvgIpc) is 3.26. The summed E-state index contributed by atoms with van der Waals surface area (Å²) in [6, 6.07) is 20.8. The van der Waals surface area contributed by atoms with Crippen LogP contribution in [0.4, 0.5) is 4.79 Å². The molecule has 0 N–H and O–H groups in total. The lowest BCUT2D eigenvalue weighted by atomic mass is 10.0. The molecule has 1 amide bonds. The van der Waals surface area contributed by atoms with Crippen LogP contribution in [-0.2, 0) is 4.74 Å². The van der Waals surface area contributed by atoms with Crippen LogP contribution in [0.25, 0.3) is 22.0 Å². The zero-order chi connectivity index (χ0) is 27.3. The van der Waals surface area contributed by atoms with Crippen LogP contribution in [0.2, 0.25) is 5.02 Å². The van der Waals surface area contributed by atoms with Gasteiger partial charge in [-0.3, -0.25) is 9.36 Å². The molecule has 1 aromatic heterocycles. The van der Waals surface area contributed by atoms with Crippen molar-refractivity contribution in [2.24, 2.45) is 0 Å². The molecule has 1 fully saturated rings. The number of ether oxygens (including phenoxy) is 1. The number of halogens is 1. The van der Waals surface area contributed by atoms with E-state index in [0.29, 0.717) is 21.7 Å². The molecule has 0 saturated carbocycles. The number of benzene rings is 3. The van der Waals surface area contributed by atoms with Crippen molar-refractivity contribution in [2.75, 3.05) is 27.2 Å². The van der Waals surface area contributed by atoms with Crippen molar-refractivity contribution < 1.29 is 9.53 Å². The highest BCUT2D eigenvalue weighted by atomic mass is 35.5. The summed E-state index contributed by atoms with van der Waals surface area (Å²) in [5.74, 6) is 0.538. The van der Waals surface area contributed by atoms with Gasteiger partial charge < -0.3 is 14.5 Å². The largest absolute Gasteiger partial charge is 0.436 e. The lowest BCUT2D eigenvalue weighted by molar-refractivity contribution is 0.0739. The van der Waals surface area contributed by atoms with Gasteiger partial charge in [0.05, 0.1) is 22.0 Å². The van der Waals surface area contributed by atoms with Crippen LogP contribution in [0.3, 0.4) is 0 Å². The Morgan fingerprint density at radius 1 is 1.00 bits per heavy atom. The van der Waals surface area contributed by atoms with E-state index >= 15 is 0 Å². The lowest BCUT2D eigenvalue weighted by Crippen LogP contribution is -2.40. The highest BCUT2D eigenvalue weighted by Crippen LogP contribution is 2.45. The van der Waals surface area contributed by atoms with E-state index in [9.17, 15) is 9.59 Å². The minimum atomic E-state index is -0.514. The van der Waals surface area contributed by atoms with Crippen LogP contribution < -0.4 is 5.56 Å². The maximum absolute atomic E-state index is 13.9. The molecule has 1 saturated heterocycles. The first-order chi connectivity index (χ1) is 18.8. The van der Waals surface area contributed by atoms with Gasteiger partial charge in [0.15, 0.2) is 6.10 Å². The SMILES string of the molecule is CC(c1nc2cccc(Cl)c2c(=O)n1C1CCN(C)CC1)N(C)C(=O)OC1c2ccccc2-c2ccccc21. The summed E-state index contributed by atoms with van der Waals surface area (Å²) in [7, 11) is 3.79. The van der Waals surface area contributed by atoms with E-state index in [4.69, 9.17) is 21.3 Å². The number of hydrogen-bond donors (Lipinski definition) is 0. The Balaban J connectivity index is 1.36. The van der Waals surface area contributed by atoms with Gasteiger partial charge in [0.25, 0.3) is 5.56 Å². The van der Waals surface area contributed by atoms with Crippen LogP contribution in [0, 0.1) is 0 Å². The van der Waals surface area contributed by atoms with Gasteiger partial charge in [-0.1, -0.05) is 66.2 Å². The monoisotopic (exact) mass is 542 g/mol. The summed E-state index contributed by atoms with van der Waals surface area (Å²) in [4.78, 5) is 36.2. The second-order valence-electron chi connectivity index (χ2n) is 10.5. The van der Waals surface area contributed by atoms with E-state index in [2.05, 4.69) is 24.1 Å². The number of carbonyl (C=O) groups is 1. The summed E-state index contributed by atoms with van der Waals surface area (Å²) < 4.78 is 7.92. The Bertz CT molecular complexity index is 1580. The van der Waals surface area contributed by atoms with Crippen molar-refractivity contribution >= 4 is 28.6 Å². The Kier molecular flexibility index (Phi) is 6.65. The van der Waals surface area contributed by atoms with Crippen LogP contribution in [-0.4, -0.2) is 52.6 Å². The number of piperidine rings is 1. The fourth-order valence-electron chi connectivity index (χ4n) is 5.87. The predicted octanol–water partition coefficient (Wildman–Crippen LogP) is 6.22. The van der Waals surface area contributed by atoms with Crippen LogP contribution in [0.15, 0.2) is 71.5 Å². The minimum absolute atomic E-state index is 0.0303. The number of hydrogen-bond acceptors (Lipinski definition) is 5. The van der Waals surface area contributed by atoms with E-state index in [1.54, 1.807) is 29.8 Å². The molecule has 1 aliphatic carbocycles. The van der Waals surface area contributed by atoms with Gasteiger partial charge in [0.1, 0.15) is 5.82 Å². The number of rotatable bonds is 4. The molecule has 8 heteroatoms. The predicted molar refractivity (Wildman–Crippen MR) is 153 cm³/mol. The van der Waals surface area contributed by atoms with Crippen molar-refractivity contribution in [1.82, 2.24) is 19.4 Å². The van der Waals surface area contributed by atoms with Gasteiger partial charge in [-0.25, -0.2) is 9.78 Å². The molecule has 2 heterocycles. The van der Waals surface area contributed by atoms with Gasteiger partial charge >= 0.3 is 6.09 Å². The number of amides is 1. The number of fused-ring (bicyclic) bond motifs is 4.